The van der Waals surface area contributed by atoms with E-state index in [2.05, 4.69) is 32.5 Å². The molecular weight excluding hydrogens is 359 g/mol. The monoisotopic (exact) mass is 371 g/mol. The van der Waals surface area contributed by atoms with Crippen molar-refractivity contribution in [2.24, 2.45) is 0 Å². The maximum atomic E-state index is 13.3. The Morgan fingerprint density at radius 1 is 1.53 bits per heavy atom. The minimum absolute atomic E-state index is 0.237. The van der Waals surface area contributed by atoms with Gasteiger partial charge in [-0.1, -0.05) is 0 Å². The van der Waals surface area contributed by atoms with E-state index in [0.29, 0.717) is 7.41 Å². The molecule has 4 nitrogen and oxygen atoms in total. The van der Waals surface area contributed by atoms with E-state index in [1.54, 1.807) is 6.07 Å². The van der Waals surface area contributed by atoms with Gasteiger partial charge >= 0.3 is 0 Å². The molecule has 1 aliphatic rings. The summed E-state index contributed by atoms with van der Waals surface area (Å²) in [5, 5.41) is 5.39. The third-order valence-corrected chi connectivity index (χ3v) is 4.35. The minimum Gasteiger partial charge on any atom is -0.337 e. The van der Waals surface area contributed by atoms with Gasteiger partial charge in [-0.2, -0.15) is 5.10 Å². The second-order valence-electron chi connectivity index (χ2n) is 4.77. The van der Waals surface area contributed by atoms with Crippen molar-refractivity contribution < 1.29 is 9.18 Å². The molecule has 1 fully saturated rings. The number of carbonyl (C=O) groups is 1. The Bertz CT molecular complexity index is 633. The van der Waals surface area contributed by atoms with Crippen LogP contribution < -0.4 is 0 Å². The van der Waals surface area contributed by atoms with Crippen molar-refractivity contribution in [3.05, 3.63) is 27.7 Å². The van der Waals surface area contributed by atoms with Gasteiger partial charge in [0, 0.05) is 11.9 Å². The van der Waals surface area contributed by atoms with Crippen LogP contribution in [0.2, 0.25) is 0 Å². The van der Waals surface area contributed by atoms with Crippen LogP contribution in [0.3, 0.4) is 0 Å². The van der Waals surface area contributed by atoms with Gasteiger partial charge in [0.25, 0.3) is 7.41 Å². The Morgan fingerprint density at radius 3 is 3.16 bits per heavy atom. The Kier molecular flexibility index (Phi) is 3.57. The highest BCUT2D eigenvalue weighted by molar-refractivity contribution is 14.1. The highest BCUT2D eigenvalue weighted by Gasteiger charge is 2.26. The number of carbonyl (C=O) groups excluding carboxylic acids is 1. The molecule has 1 atom stereocenters. The number of fused-ring (bicyclic) bond motifs is 1. The molecule has 0 bridgehead atoms. The lowest BCUT2D eigenvalue weighted by atomic mass is 9.96. The van der Waals surface area contributed by atoms with E-state index in [1.165, 1.54) is 12.1 Å². The second kappa shape index (κ2) is 5.20. The number of halogens is 2. The highest BCUT2D eigenvalue weighted by Crippen LogP contribution is 2.28. The Hall–Kier alpha value is -0.955. The van der Waals surface area contributed by atoms with Gasteiger partial charge in [-0.15, -0.1) is 0 Å². The summed E-state index contributed by atoms with van der Waals surface area (Å²) in [4.78, 5) is 12.7. The topological polar surface area (TPSA) is 38.1 Å². The summed E-state index contributed by atoms with van der Waals surface area (Å²) in [6.07, 6.45) is 1.90. The largest absolute Gasteiger partial charge is 0.337 e. The summed E-state index contributed by atoms with van der Waals surface area (Å²) < 4.78 is 16.1. The molecular formula is C12H12BFIN3O. The van der Waals surface area contributed by atoms with Gasteiger partial charge in [-0.05, 0) is 53.8 Å². The highest BCUT2D eigenvalue weighted by atomic mass is 127. The third kappa shape index (κ3) is 2.41. The van der Waals surface area contributed by atoms with E-state index in [-0.39, 0.29) is 11.9 Å². The van der Waals surface area contributed by atoms with Crippen LogP contribution in [0.25, 0.3) is 10.9 Å². The smallest absolute Gasteiger partial charge is 0.281 e. The molecule has 0 unspecified atom stereocenters. The van der Waals surface area contributed by atoms with Crippen molar-refractivity contribution in [3.8, 4) is 0 Å². The maximum absolute atomic E-state index is 13.3. The van der Waals surface area contributed by atoms with Crippen LogP contribution in [-0.2, 0) is 4.79 Å². The molecule has 1 aliphatic heterocycles. The van der Waals surface area contributed by atoms with Gasteiger partial charge in [-0.3, -0.25) is 4.68 Å². The summed E-state index contributed by atoms with van der Waals surface area (Å²) >= 11 is 2.14. The van der Waals surface area contributed by atoms with E-state index >= 15 is 0 Å². The average molecular weight is 371 g/mol. The van der Waals surface area contributed by atoms with Crippen LogP contribution in [0.5, 0.6) is 0 Å². The lowest BCUT2D eigenvalue weighted by Gasteiger charge is -2.13. The van der Waals surface area contributed by atoms with Crippen molar-refractivity contribution in [3.63, 3.8) is 0 Å². The van der Waals surface area contributed by atoms with Crippen molar-refractivity contribution in [2.45, 2.75) is 12.5 Å². The molecule has 19 heavy (non-hydrogen) atoms. The molecule has 0 amide bonds. The van der Waals surface area contributed by atoms with E-state index in [1.807, 2.05) is 4.68 Å². The fourth-order valence-corrected chi connectivity index (χ4v) is 3.30. The first-order chi connectivity index (χ1) is 9.19. The van der Waals surface area contributed by atoms with Gasteiger partial charge < -0.3 is 9.61 Å². The first kappa shape index (κ1) is 13.0. The molecule has 0 N–H and O–H groups in total. The van der Waals surface area contributed by atoms with Crippen molar-refractivity contribution in [1.29, 1.82) is 0 Å². The lowest BCUT2D eigenvalue weighted by Crippen LogP contribution is -2.27. The van der Waals surface area contributed by atoms with Crippen LogP contribution in [-0.4, -0.2) is 41.3 Å². The summed E-state index contributed by atoms with van der Waals surface area (Å²) in [5.74, 6) is -0.237. The normalized spacial score (nSPS) is 20.0. The van der Waals surface area contributed by atoms with Gasteiger partial charge in [0.2, 0.25) is 0 Å². The van der Waals surface area contributed by atoms with E-state index in [9.17, 15) is 9.18 Å². The van der Waals surface area contributed by atoms with Crippen molar-refractivity contribution in [1.82, 2.24) is 14.6 Å². The van der Waals surface area contributed by atoms with Crippen molar-refractivity contribution in [2.75, 3.05) is 13.1 Å². The van der Waals surface area contributed by atoms with Crippen LogP contribution in [0.15, 0.2) is 18.2 Å². The van der Waals surface area contributed by atoms with Crippen LogP contribution in [0.1, 0.15) is 12.5 Å². The molecule has 2 heterocycles. The summed E-state index contributed by atoms with van der Waals surface area (Å²) in [7, 11) is 0.474. The molecule has 0 saturated carbocycles. The Morgan fingerprint density at radius 2 is 2.37 bits per heavy atom. The predicted molar refractivity (Wildman–Crippen MR) is 81.5 cm³/mol. The minimum atomic E-state index is -0.237. The number of benzene rings is 1. The summed E-state index contributed by atoms with van der Waals surface area (Å²) in [6, 6.07) is 5.03. The van der Waals surface area contributed by atoms with E-state index in [0.717, 1.165) is 40.3 Å². The second-order valence-corrected chi connectivity index (χ2v) is 5.79. The SMILES string of the molecule is O=CBN1CC[C@@H](n2nc(I)c3cc(F)ccc32)C1. The van der Waals surface area contributed by atoms with E-state index in [4.69, 9.17) is 0 Å². The van der Waals surface area contributed by atoms with E-state index < -0.39 is 0 Å². The fraction of sp³-hybridized carbons (Fsp3) is 0.333. The Balaban J connectivity index is 1.95. The van der Waals surface area contributed by atoms with Gasteiger partial charge in [0.15, 0.2) is 0 Å². The van der Waals surface area contributed by atoms with Crippen LogP contribution in [0.4, 0.5) is 4.39 Å². The molecule has 0 aliphatic carbocycles. The van der Waals surface area contributed by atoms with Crippen molar-refractivity contribution >= 4 is 47.1 Å². The standard InChI is InChI=1S/C12H12BFIN3O/c14-8-1-2-11-10(5-8)12(15)16-18(11)9-3-4-17(6-9)13-7-19/h1-2,5,7,9,13H,3-4,6H2/t9-/m1/s1. The zero-order valence-electron chi connectivity index (χ0n) is 10.2. The van der Waals surface area contributed by atoms with Crippen LogP contribution in [0, 0.1) is 9.52 Å². The first-order valence-electron chi connectivity index (χ1n) is 6.18. The number of rotatable bonds is 3. The molecule has 3 rings (SSSR count). The quantitative estimate of drug-likeness (QED) is 0.467. The fourth-order valence-electron chi connectivity index (χ4n) is 2.64. The van der Waals surface area contributed by atoms with Gasteiger partial charge in [0.05, 0.1) is 17.7 Å². The van der Waals surface area contributed by atoms with Gasteiger partial charge in [-0.25, -0.2) is 4.39 Å². The zero-order chi connectivity index (χ0) is 13.4. The maximum Gasteiger partial charge on any atom is 0.281 e. The molecule has 7 heteroatoms. The molecule has 98 valence electrons. The average Bonchev–Trinajstić information content (AvgIpc) is 2.96. The lowest BCUT2D eigenvalue weighted by molar-refractivity contribution is 0.464. The van der Waals surface area contributed by atoms with Crippen LogP contribution >= 0.6 is 22.6 Å². The molecule has 2 aromatic rings. The summed E-state index contributed by atoms with van der Waals surface area (Å²) in [5.41, 5.74) is 0.962. The number of hydrogen-bond acceptors (Lipinski definition) is 3. The third-order valence-electron chi connectivity index (χ3n) is 3.55. The molecule has 0 radical (unpaired) electrons. The first-order valence-corrected chi connectivity index (χ1v) is 7.26. The number of nitrogens with zero attached hydrogens (tertiary/aromatic N) is 3. The zero-order valence-corrected chi connectivity index (χ0v) is 12.4. The molecule has 0 spiro atoms. The predicted octanol–water partition coefficient (Wildman–Crippen LogP) is 1.57. The molecule has 1 aromatic heterocycles. The molecule has 1 aromatic carbocycles. The summed E-state index contributed by atoms with van der Waals surface area (Å²) in [6.45, 7) is 1.73. The molecule has 1 saturated heterocycles. The Labute approximate surface area is 124 Å². The van der Waals surface area contributed by atoms with Gasteiger partial charge in [0.1, 0.15) is 9.52 Å². The number of hydrogen-bond donors (Lipinski definition) is 0. The number of aromatic nitrogens is 2.